The summed E-state index contributed by atoms with van der Waals surface area (Å²) >= 11 is 0. The summed E-state index contributed by atoms with van der Waals surface area (Å²) in [6.07, 6.45) is 0. The number of amides is 1. The van der Waals surface area contributed by atoms with Crippen molar-refractivity contribution in [2.45, 2.75) is 6.92 Å². The third kappa shape index (κ3) is 4.37. The highest BCUT2D eigenvalue weighted by Gasteiger charge is 2.08. The van der Waals surface area contributed by atoms with E-state index in [1.165, 1.54) is 7.11 Å². The number of methoxy groups -OCH3 is 1. The minimum Gasteiger partial charge on any atom is -0.494 e. The maximum Gasteiger partial charge on any atom is 0.336 e. The Labute approximate surface area is 121 Å². The largest absolute Gasteiger partial charge is 0.494 e. The fourth-order valence-corrected chi connectivity index (χ4v) is 1.51. The summed E-state index contributed by atoms with van der Waals surface area (Å²) < 4.78 is 15.4. The lowest BCUT2D eigenvalue weighted by molar-refractivity contribution is -0.118. The summed E-state index contributed by atoms with van der Waals surface area (Å²) in [7, 11) is 1.43. The Hall–Kier alpha value is -2.77. The number of carbonyl (C=O) groups is 1. The fourth-order valence-electron chi connectivity index (χ4n) is 1.51. The molecule has 1 amide bonds. The van der Waals surface area contributed by atoms with Crippen LogP contribution in [0.5, 0.6) is 17.5 Å². The molecule has 0 atom stereocenters. The van der Waals surface area contributed by atoms with E-state index in [1.54, 1.807) is 24.3 Å². The van der Waals surface area contributed by atoms with E-state index < -0.39 is 0 Å². The van der Waals surface area contributed by atoms with Crippen molar-refractivity contribution in [3.8, 4) is 17.5 Å². The molecule has 0 radical (unpaired) electrons. The second-order valence-corrected chi connectivity index (χ2v) is 3.91. The normalized spacial score (nSPS) is 10.0. The number of hydrogen-bond acceptors (Lipinski definition) is 6. The summed E-state index contributed by atoms with van der Waals surface area (Å²) in [4.78, 5) is 15.5. The van der Waals surface area contributed by atoms with Gasteiger partial charge in [0, 0.05) is 0 Å². The van der Waals surface area contributed by atoms with Crippen LogP contribution in [0.1, 0.15) is 6.92 Å². The molecule has 2 aromatic rings. The summed E-state index contributed by atoms with van der Waals surface area (Å²) in [6, 6.07) is 7.17. The van der Waals surface area contributed by atoms with Crippen LogP contribution >= 0.6 is 0 Å². The summed E-state index contributed by atoms with van der Waals surface area (Å²) in [5.74, 6) is 1.17. The van der Waals surface area contributed by atoms with E-state index in [1.807, 2.05) is 6.92 Å². The van der Waals surface area contributed by atoms with E-state index in [9.17, 15) is 4.79 Å². The molecule has 0 unspecified atom stereocenters. The maximum atomic E-state index is 11.7. The first-order valence-electron chi connectivity index (χ1n) is 6.33. The topological polar surface area (TPSA) is 98.4 Å². The van der Waals surface area contributed by atoms with Gasteiger partial charge in [-0.15, -0.1) is 5.10 Å². The molecule has 2 N–H and O–H groups in total. The third-order valence-corrected chi connectivity index (χ3v) is 2.41. The molecule has 0 aliphatic carbocycles. The second kappa shape index (κ2) is 7.13. The zero-order valence-corrected chi connectivity index (χ0v) is 11.8. The molecule has 21 heavy (non-hydrogen) atoms. The Morgan fingerprint density at radius 2 is 1.90 bits per heavy atom. The van der Waals surface area contributed by atoms with Crippen LogP contribution in [-0.4, -0.2) is 41.4 Å². The smallest absolute Gasteiger partial charge is 0.336 e. The van der Waals surface area contributed by atoms with Crippen LogP contribution in [0.2, 0.25) is 0 Å². The standard InChI is InChI=1S/C13H16N4O4/c1-3-20-9-4-6-10(7-5-9)21-8-11(18)14-12-15-13(19-2)17-16-12/h4-7H,3,8H2,1-2H3,(H2,14,15,16,17,18). The number of nitrogens with one attached hydrogen (secondary N) is 2. The molecule has 0 spiro atoms. The van der Waals surface area contributed by atoms with Gasteiger partial charge in [-0.3, -0.25) is 10.1 Å². The zero-order valence-electron chi connectivity index (χ0n) is 11.8. The second-order valence-electron chi connectivity index (χ2n) is 3.91. The summed E-state index contributed by atoms with van der Waals surface area (Å²) in [5, 5.41) is 8.72. The fraction of sp³-hybridized carbons (Fsp3) is 0.308. The molecule has 0 saturated heterocycles. The Morgan fingerprint density at radius 1 is 1.24 bits per heavy atom. The van der Waals surface area contributed by atoms with Gasteiger partial charge in [0.1, 0.15) is 11.5 Å². The summed E-state index contributed by atoms with van der Waals surface area (Å²) in [6.45, 7) is 2.37. The number of carbonyl (C=O) groups excluding carboxylic acids is 1. The minimum atomic E-state index is -0.359. The first-order valence-corrected chi connectivity index (χ1v) is 6.33. The number of rotatable bonds is 7. The highest BCUT2D eigenvalue weighted by Crippen LogP contribution is 2.17. The van der Waals surface area contributed by atoms with Gasteiger partial charge in [-0.1, -0.05) is 0 Å². The number of ether oxygens (including phenoxy) is 3. The number of nitrogens with zero attached hydrogens (tertiary/aromatic N) is 2. The highest BCUT2D eigenvalue weighted by molar-refractivity contribution is 5.90. The Morgan fingerprint density at radius 3 is 2.48 bits per heavy atom. The van der Waals surface area contributed by atoms with Crippen molar-refractivity contribution >= 4 is 11.9 Å². The third-order valence-electron chi connectivity index (χ3n) is 2.41. The van der Waals surface area contributed by atoms with E-state index in [0.29, 0.717) is 12.4 Å². The van der Waals surface area contributed by atoms with Gasteiger partial charge in [0.2, 0.25) is 5.95 Å². The molecule has 0 bridgehead atoms. The van der Waals surface area contributed by atoms with Gasteiger partial charge in [-0.25, -0.2) is 5.10 Å². The van der Waals surface area contributed by atoms with E-state index in [-0.39, 0.29) is 24.5 Å². The number of aromatic nitrogens is 3. The number of benzene rings is 1. The lowest BCUT2D eigenvalue weighted by Crippen LogP contribution is -2.20. The van der Waals surface area contributed by atoms with E-state index in [2.05, 4.69) is 20.5 Å². The average Bonchev–Trinajstić information content (AvgIpc) is 2.94. The first-order chi connectivity index (χ1) is 10.2. The molecular weight excluding hydrogens is 276 g/mol. The number of aromatic amines is 1. The van der Waals surface area contributed by atoms with Gasteiger partial charge in [-0.05, 0) is 31.2 Å². The molecule has 0 saturated carbocycles. The Balaban J connectivity index is 1.80. The van der Waals surface area contributed by atoms with Crippen LogP contribution in [0.25, 0.3) is 0 Å². The van der Waals surface area contributed by atoms with Crippen LogP contribution in [0, 0.1) is 0 Å². The van der Waals surface area contributed by atoms with Crippen LogP contribution in [0.3, 0.4) is 0 Å². The lowest BCUT2D eigenvalue weighted by atomic mass is 10.3. The molecule has 112 valence electrons. The molecule has 0 fully saturated rings. The molecular formula is C13H16N4O4. The number of hydrogen-bond donors (Lipinski definition) is 2. The molecule has 2 rings (SSSR count). The molecule has 0 aliphatic rings. The molecule has 1 aromatic heterocycles. The van der Waals surface area contributed by atoms with E-state index in [0.717, 1.165) is 5.75 Å². The van der Waals surface area contributed by atoms with Crippen molar-refractivity contribution in [1.29, 1.82) is 0 Å². The van der Waals surface area contributed by atoms with Crippen molar-refractivity contribution in [2.24, 2.45) is 0 Å². The zero-order chi connectivity index (χ0) is 15.1. The van der Waals surface area contributed by atoms with Crippen LogP contribution in [0.15, 0.2) is 24.3 Å². The number of H-pyrrole nitrogens is 1. The maximum absolute atomic E-state index is 11.7. The van der Waals surface area contributed by atoms with Crippen molar-refractivity contribution in [1.82, 2.24) is 15.2 Å². The average molecular weight is 292 g/mol. The van der Waals surface area contributed by atoms with Gasteiger partial charge in [0.25, 0.3) is 5.91 Å². The molecule has 8 nitrogen and oxygen atoms in total. The van der Waals surface area contributed by atoms with Gasteiger partial charge in [0.05, 0.1) is 13.7 Å². The number of anilines is 1. The molecule has 0 aliphatic heterocycles. The summed E-state index contributed by atoms with van der Waals surface area (Å²) in [5.41, 5.74) is 0. The predicted octanol–water partition coefficient (Wildman–Crippen LogP) is 1.23. The van der Waals surface area contributed by atoms with Crippen LogP contribution in [-0.2, 0) is 4.79 Å². The van der Waals surface area contributed by atoms with Crippen molar-refractivity contribution in [3.63, 3.8) is 0 Å². The molecule has 1 aromatic carbocycles. The SMILES string of the molecule is CCOc1ccc(OCC(=O)Nc2nc(OC)n[nH]2)cc1. The van der Waals surface area contributed by atoms with E-state index >= 15 is 0 Å². The van der Waals surface area contributed by atoms with E-state index in [4.69, 9.17) is 14.2 Å². The Bertz CT molecular complexity index is 582. The van der Waals surface area contributed by atoms with Crippen molar-refractivity contribution in [2.75, 3.05) is 25.6 Å². The van der Waals surface area contributed by atoms with Crippen molar-refractivity contribution in [3.05, 3.63) is 24.3 Å². The van der Waals surface area contributed by atoms with Gasteiger partial charge in [0.15, 0.2) is 6.61 Å². The van der Waals surface area contributed by atoms with Crippen LogP contribution < -0.4 is 19.5 Å². The van der Waals surface area contributed by atoms with Gasteiger partial charge >= 0.3 is 6.01 Å². The lowest BCUT2D eigenvalue weighted by Gasteiger charge is -2.07. The van der Waals surface area contributed by atoms with Crippen LogP contribution in [0.4, 0.5) is 5.95 Å². The highest BCUT2D eigenvalue weighted by atomic mass is 16.5. The van der Waals surface area contributed by atoms with Gasteiger partial charge in [-0.2, -0.15) is 4.98 Å². The first kappa shape index (κ1) is 14.6. The monoisotopic (exact) mass is 292 g/mol. The minimum absolute atomic E-state index is 0.142. The van der Waals surface area contributed by atoms with Crippen molar-refractivity contribution < 1.29 is 19.0 Å². The molecule has 8 heteroatoms. The quantitative estimate of drug-likeness (QED) is 0.796. The Kier molecular flexibility index (Phi) is 4.97. The molecule has 1 heterocycles. The predicted molar refractivity (Wildman–Crippen MR) is 74.7 cm³/mol. The van der Waals surface area contributed by atoms with Gasteiger partial charge < -0.3 is 14.2 Å².